The second-order valence-corrected chi connectivity index (χ2v) is 9.03. The Morgan fingerprint density at radius 3 is 2.57 bits per heavy atom. The third-order valence-corrected chi connectivity index (χ3v) is 6.35. The second kappa shape index (κ2) is 8.34. The molecule has 30 heavy (non-hydrogen) atoms. The molecule has 2 aliphatic rings. The molecule has 2 aromatic heterocycles. The molecule has 1 saturated heterocycles. The first kappa shape index (κ1) is 20.8. The lowest BCUT2D eigenvalue weighted by atomic mass is 9.95. The van der Waals surface area contributed by atoms with Crippen molar-refractivity contribution in [1.82, 2.24) is 24.9 Å². The first-order valence-electron chi connectivity index (χ1n) is 11.0. The second-order valence-electron chi connectivity index (χ2n) is 9.03. The number of hydrogen-bond donors (Lipinski definition) is 1. The summed E-state index contributed by atoms with van der Waals surface area (Å²) in [5, 5.41) is 3.99. The van der Waals surface area contributed by atoms with E-state index in [0.29, 0.717) is 31.4 Å². The van der Waals surface area contributed by atoms with Gasteiger partial charge in [-0.3, -0.25) is 14.5 Å². The van der Waals surface area contributed by atoms with Crippen LogP contribution in [0.3, 0.4) is 0 Å². The van der Waals surface area contributed by atoms with Gasteiger partial charge in [0.2, 0.25) is 5.76 Å². The van der Waals surface area contributed by atoms with E-state index in [1.807, 2.05) is 13.8 Å². The van der Waals surface area contributed by atoms with Gasteiger partial charge >= 0.3 is 0 Å². The number of nitrogens with zero attached hydrogens (tertiary/aromatic N) is 4. The minimum absolute atomic E-state index is 0.0123. The average Bonchev–Trinajstić information content (AvgIpc) is 3.23. The van der Waals surface area contributed by atoms with Gasteiger partial charge in [-0.2, -0.15) is 0 Å². The van der Waals surface area contributed by atoms with Crippen molar-refractivity contribution in [3.05, 3.63) is 45.0 Å². The predicted molar refractivity (Wildman–Crippen MR) is 113 cm³/mol. The van der Waals surface area contributed by atoms with Crippen LogP contribution >= 0.6 is 0 Å². The lowest BCUT2D eigenvalue weighted by Crippen LogP contribution is -2.41. The van der Waals surface area contributed by atoms with E-state index in [9.17, 15) is 9.59 Å². The third kappa shape index (κ3) is 4.05. The van der Waals surface area contributed by atoms with E-state index >= 15 is 0 Å². The largest absolute Gasteiger partial charge is 0.351 e. The van der Waals surface area contributed by atoms with E-state index in [2.05, 4.69) is 28.9 Å². The molecule has 0 spiro atoms. The standard InChI is InChI=1S/C22H31N5O3/c1-13(2)18-11-19(30-25-18)22(29)26-8-5-15(6-9-26)20-23-17-7-10-27(14(3)4)12-16(17)21(28)24-20/h11,13-15H,5-10,12H2,1-4H3,(H,23,24,28). The van der Waals surface area contributed by atoms with Gasteiger partial charge in [0.15, 0.2) is 0 Å². The maximum atomic E-state index is 12.7. The van der Waals surface area contributed by atoms with Crippen LogP contribution < -0.4 is 5.56 Å². The van der Waals surface area contributed by atoms with Gasteiger partial charge in [-0.15, -0.1) is 0 Å². The first-order valence-corrected chi connectivity index (χ1v) is 11.0. The number of nitrogens with one attached hydrogen (secondary N) is 1. The predicted octanol–water partition coefficient (Wildman–Crippen LogP) is 2.67. The van der Waals surface area contributed by atoms with Gasteiger partial charge in [-0.1, -0.05) is 19.0 Å². The fraction of sp³-hybridized carbons (Fsp3) is 0.636. The number of carbonyl (C=O) groups excluding carboxylic acids is 1. The summed E-state index contributed by atoms with van der Waals surface area (Å²) in [5.41, 5.74) is 2.52. The van der Waals surface area contributed by atoms with Crippen LogP contribution in [0, 0.1) is 0 Å². The van der Waals surface area contributed by atoms with Crippen molar-refractivity contribution < 1.29 is 9.32 Å². The summed E-state index contributed by atoms with van der Waals surface area (Å²) >= 11 is 0. The van der Waals surface area contributed by atoms with Crippen molar-refractivity contribution in [3.8, 4) is 0 Å². The van der Waals surface area contributed by atoms with Crippen LogP contribution in [0.15, 0.2) is 15.4 Å². The van der Waals surface area contributed by atoms with Crippen LogP contribution in [-0.4, -0.2) is 56.5 Å². The van der Waals surface area contributed by atoms with Gasteiger partial charge in [0.05, 0.1) is 17.0 Å². The number of hydrogen-bond acceptors (Lipinski definition) is 6. The van der Waals surface area contributed by atoms with E-state index in [4.69, 9.17) is 9.51 Å². The fourth-order valence-electron chi connectivity index (χ4n) is 4.27. The van der Waals surface area contributed by atoms with Gasteiger partial charge in [0.25, 0.3) is 11.5 Å². The lowest BCUT2D eigenvalue weighted by Gasteiger charge is -2.33. The summed E-state index contributed by atoms with van der Waals surface area (Å²) in [7, 11) is 0. The molecule has 1 N–H and O–H groups in total. The van der Waals surface area contributed by atoms with Crippen LogP contribution in [-0.2, 0) is 13.0 Å². The van der Waals surface area contributed by atoms with Crippen molar-refractivity contribution in [1.29, 1.82) is 0 Å². The first-order chi connectivity index (χ1) is 14.3. The molecule has 0 saturated carbocycles. The van der Waals surface area contributed by atoms with Gasteiger partial charge in [0.1, 0.15) is 5.82 Å². The highest BCUT2D eigenvalue weighted by molar-refractivity contribution is 5.91. The zero-order chi connectivity index (χ0) is 21.4. The summed E-state index contributed by atoms with van der Waals surface area (Å²) in [6, 6.07) is 2.15. The molecule has 0 atom stereocenters. The minimum atomic E-state index is -0.117. The van der Waals surface area contributed by atoms with E-state index in [1.54, 1.807) is 11.0 Å². The SMILES string of the molecule is CC(C)c1cc(C(=O)N2CCC(c3nc4c(c(=O)[nH]3)CN(C(C)C)CC4)CC2)on1. The molecule has 0 radical (unpaired) electrons. The van der Waals surface area contributed by atoms with E-state index in [0.717, 1.165) is 48.6 Å². The molecule has 8 nitrogen and oxygen atoms in total. The number of amides is 1. The highest BCUT2D eigenvalue weighted by Crippen LogP contribution is 2.27. The van der Waals surface area contributed by atoms with Gasteiger partial charge in [-0.05, 0) is 32.6 Å². The van der Waals surface area contributed by atoms with Crippen molar-refractivity contribution in [2.75, 3.05) is 19.6 Å². The van der Waals surface area contributed by atoms with E-state index < -0.39 is 0 Å². The third-order valence-electron chi connectivity index (χ3n) is 6.35. The molecule has 0 bridgehead atoms. The van der Waals surface area contributed by atoms with Crippen molar-refractivity contribution >= 4 is 5.91 Å². The summed E-state index contributed by atoms with van der Waals surface area (Å²) in [4.78, 5) is 37.4. The van der Waals surface area contributed by atoms with Gasteiger partial charge < -0.3 is 14.4 Å². The molecule has 8 heteroatoms. The number of H-pyrrole nitrogens is 1. The minimum Gasteiger partial charge on any atom is -0.351 e. The Labute approximate surface area is 176 Å². The smallest absolute Gasteiger partial charge is 0.292 e. The lowest BCUT2D eigenvalue weighted by molar-refractivity contribution is 0.0668. The molecule has 1 amide bonds. The Morgan fingerprint density at radius 2 is 1.93 bits per heavy atom. The van der Waals surface area contributed by atoms with E-state index in [-0.39, 0.29) is 23.3 Å². The average molecular weight is 414 g/mol. The van der Waals surface area contributed by atoms with Crippen molar-refractivity contribution in [2.45, 2.75) is 71.4 Å². The molecule has 4 heterocycles. The molecule has 0 unspecified atom stereocenters. The van der Waals surface area contributed by atoms with Crippen molar-refractivity contribution in [3.63, 3.8) is 0 Å². The Kier molecular flexibility index (Phi) is 5.77. The van der Waals surface area contributed by atoms with Gasteiger partial charge in [-0.25, -0.2) is 4.98 Å². The molecule has 2 aromatic rings. The zero-order valence-corrected chi connectivity index (χ0v) is 18.3. The van der Waals surface area contributed by atoms with Crippen LogP contribution in [0.25, 0.3) is 0 Å². The quantitative estimate of drug-likeness (QED) is 0.828. The molecule has 2 aliphatic heterocycles. The number of aromatic amines is 1. The van der Waals surface area contributed by atoms with Crippen LogP contribution in [0.4, 0.5) is 0 Å². The van der Waals surface area contributed by atoms with Crippen LogP contribution in [0.5, 0.6) is 0 Å². The zero-order valence-electron chi connectivity index (χ0n) is 18.3. The summed E-state index contributed by atoms with van der Waals surface area (Å²) < 4.78 is 5.25. The Morgan fingerprint density at radius 1 is 1.20 bits per heavy atom. The Balaban J connectivity index is 1.42. The van der Waals surface area contributed by atoms with Crippen molar-refractivity contribution in [2.24, 2.45) is 0 Å². The molecule has 4 rings (SSSR count). The number of fused-ring (bicyclic) bond motifs is 1. The normalized spacial score (nSPS) is 18.3. The molecule has 0 aliphatic carbocycles. The molecule has 162 valence electrons. The molecular weight excluding hydrogens is 382 g/mol. The van der Waals surface area contributed by atoms with E-state index in [1.165, 1.54) is 0 Å². The van der Waals surface area contributed by atoms with Crippen LogP contribution in [0.1, 0.15) is 85.7 Å². The number of piperidine rings is 1. The highest BCUT2D eigenvalue weighted by atomic mass is 16.5. The molecular formula is C22H31N5O3. The summed E-state index contributed by atoms with van der Waals surface area (Å²) in [6.07, 6.45) is 2.36. The summed E-state index contributed by atoms with van der Waals surface area (Å²) in [5.74, 6) is 1.34. The molecule has 0 aromatic carbocycles. The molecule has 1 fully saturated rings. The summed E-state index contributed by atoms with van der Waals surface area (Å²) in [6.45, 7) is 11.2. The number of carbonyl (C=O) groups is 1. The Bertz CT molecular complexity index is 969. The Hall–Kier alpha value is -2.48. The highest BCUT2D eigenvalue weighted by Gasteiger charge is 2.30. The number of aromatic nitrogens is 3. The van der Waals surface area contributed by atoms with Crippen LogP contribution in [0.2, 0.25) is 0 Å². The maximum absolute atomic E-state index is 12.7. The topological polar surface area (TPSA) is 95.3 Å². The number of rotatable bonds is 4. The number of likely N-dealkylation sites (tertiary alicyclic amines) is 1. The van der Waals surface area contributed by atoms with Gasteiger partial charge in [0, 0.05) is 50.6 Å². The maximum Gasteiger partial charge on any atom is 0.292 e. The fourth-order valence-corrected chi connectivity index (χ4v) is 4.27. The monoisotopic (exact) mass is 413 g/mol.